The fraction of sp³-hybridized carbons (Fsp3) is 0.500. The third-order valence-corrected chi connectivity index (χ3v) is 5.28. The van der Waals surface area contributed by atoms with Crippen LogP contribution in [-0.2, 0) is 16.1 Å². The number of benzene rings is 1. The number of likely N-dealkylation sites (tertiary alicyclic amines) is 1. The van der Waals surface area contributed by atoms with E-state index in [2.05, 4.69) is 39.6 Å². The molecular weight excluding hydrogens is 328 g/mol. The highest BCUT2D eigenvalue weighted by molar-refractivity contribution is 5.93. The number of carbonyl (C=O) groups excluding carboxylic acids is 1. The Morgan fingerprint density at radius 3 is 2.85 bits per heavy atom. The maximum atomic E-state index is 11.9. The van der Waals surface area contributed by atoms with Crippen molar-refractivity contribution in [1.82, 2.24) is 14.7 Å². The Morgan fingerprint density at radius 1 is 1.31 bits per heavy atom. The van der Waals surface area contributed by atoms with Crippen molar-refractivity contribution in [2.24, 2.45) is 5.92 Å². The van der Waals surface area contributed by atoms with Gasteiger partial charge in [-0.3, -0.25) is 14.4 Å². The van der Waals surface area contributed by atoms with E-state index in [1.807, 2.05) is 16.9 Å². The highest BCUT2D eigenvalue weighted by Gasteiger charge is 2.34. The number of nitrogens with one attached hydrogen (secondary N) is 1. The van der Waals surface area contributed by atoms with Gasteiger partial charge in [-0.25, -0.2) is 0 Å². The number of nitrogens with zero attached hydrogens (tertiary/aromatic N) is 3. The van der Waals surface area contributed by atoms with Gasteiger partial charge in [0.15, 0.2) is 0 Å². The summed E-state index contributed by atoms with van der Waals surface area (Å²) in [5, 5.41) is 7.48. The first-order valence-electron chi connectivity index (χ1n) is 9.35. The van der Waals surface area contributed by atoms with Crippen molar-refractivity contribution in [1.29, 1.82) is 0 Å². The van der Waals surface area contributed by atoms with Crippen LogP contribution >= 0.6 is 0 Å². The van der Waals surface area contributed by atoms with Gasteiger partial charge in [-0.1, -0.05) is 30.3 Å². The van der Waals surface area contributed by atoms with E-state index in [9.17, 15) is 4.79 Å². The van der Waals surface area contributed by atoms with Crippen LogP contribution in [0.3, 0.4) is 0 Å². The first-order valence-corrected chi connectivity index (χ1v) is 9.35. The molecule has 138 valence electrons. The Kier molecular flexibility index (Phi) is 5.04. The number of anilines is 1. The number of amides is 1. The predicted molar refractivity (Wildman–Crippen MR) is 99.8 cm³/mol. The molecule has 6 heteroatoms. The molecule has 1 amide bonds. The largest absolute Gasteiger partial charge is 0.383 e. The Bertz CT molecular complexity index is 741. The fourth-order valence-electron chi connectivity index (χ4n) is 3.72. The van der Waals surface area contributed by atoms with Gasteiger partial charge in [-0.2, -0.15) is 5.10 Å². The summed E-state index contributed by atoms with van der Waals surface area (Å²) in [6.45, 7) is 2.56. The molecule has 2 heterocycles. The molecule has 1 aliphatic carbocycles. The SMILES string of the molecule is COC[C@@H]1C[C@H](n2cc(NC(=O)C3CC3)cn2)CN1Cc1ccccc1. The summed E-state index contributed by atoms with van der Waals surface area (Å²) in [6, 6.07) is 11.2. The lowest BCUT2D eigenvalue weighted by atomic mass is 10.1. The third kappa shape index (κ3) is 3.97. The number of aromatic nitrogens is 2. The molecule has 1 aromatic carbocycles. The minimum atomic E-state index is 0.124. The van der Waals surface area contributed by atoms with Crippen LogP contribution in [0.15, 0.2) is 42.7 Å². The van der Waals surface area contributed by atoms with Crippen molar-refractivity contribution in [2.75, 3.05) is 25.6 Å². The van der Waals surface area contributed by atoms with Gasteiger partial charge in [0.25, 0.3) is 0 Å². The fourth-order valence-corrected chi connectivity index (χ4v) is 3.72. The molecule has 2 aliphatic rings. The molecule has 4 rings (SSSR count). The smallest absolute Gasteiger partial charge is 0.227 e. The molecule has 1 aliphatic heterocycles. The number of methoxy groups -OCH3 is 1. The Morgan fingerprint density at radius 2 is 2.12 bits per heavy atom. The highest BCUT2D eigenvalue weighted by atomic mass is 16.5. The van der Waals surface area contributed by atoms with E-state index in [1.54, 1.807) is 13.3 Å². The van der Waals surface area contributed by atoms with Gasteiger partial charge in [0.1, 0.15) is 0 Å². The van der Waals surface area contributed by atoms with E-state index in [4.69, 9.17) is 4.74 Å². The van der Waals surface area contributed by atoms with E-state index in [0.29, 0.717) is 12.1 Å². The van der Waals surface area contributed by atoms with Gasteiger partial charge in [0.2, 0.25) is 5.91 Å². The molecule has 2 aromatic rings. The predicted octanol–water partition coefficient (Wildman–Crippen LogP) is 2.69. The summed E-state index contributed by atoms with van der Waals surface area (Å²) in [7, 11) is 1.76. The maximum absolute atomic E-state index is 11.9. The van der Waals surface area contributed by atoms with E-state index in [0.717, 1.165) is 44.6 Å². The van der Waals surface area contributed by atoms with Crippen LogP contribution in [0.1, 0.15) is 30.9 Å². The second-order valence-corrected chi connectivity index (χ2v) is 7.39. The molecule has 1 aromatic heterocycles. The van der Waals surface area contributed by atoms with Crippen molar-refractivity contribution in [3.05, 3.63) is 48.3 Å². The normalized spacial score (nSPS) is 23.3. The summed E-state index contributed by atoms with van der Waals surface area (Å²) in [5.74, 6) is 0.330. The number of hydrogen-bond acceptors (Lipinski definition) is 4. The molecule has 0 spiro atoms. The zero-order valence-electron chi connectivity index (χ0n) is 15.2. The second-order valence-electron chi connectivity index (χ2n) is 7.39. The van der Waals surface area contributed by atoms with E-state index < -0.39 is 0 Å². The molecular formula is C20H26N4O2. The molecule has 2 atom stereocenters. The van der Waals surface area contributed by atoms with Crippen LogP contribution in [0.4, 0.5) is 5.69 Å². The quantitative estimate of drug-likeness (QED) is 0.830. The Balaban J connectivity index is 1.42. The van der Waals surface area contributed by atoms with Gasteiger partial charge in [-0.15, -0.1) is 0 Å². The van der Waals surface area contributed by atoms with Gasteiger partial charge in [0.05, 0.1) is 24.5 Å². The molecule has 26 heavy (non-hydrogen) atoms. The lowest BCUT2D eigenvalue weighted by molar-refractivity contribution is -0.117. The van der Waals surface area contributed by atoms with Crippen LogP contribution in [0, 0.1) is 5.92 Å². The monoisotopic (exact) mass is 354 g/mol. The average molecular weight is 354 g/mol. The van der Waals surface area contributed by atoms with E-state index in [1.165, 1.54) is 5.56 Å². The summed E-state index contributed by atoms with van der Waals surface area (Å²) in [6.07, 6.45) is 6.73. The summed E-state index contributed by atoms with van der Waals surface area (Å²) in [5.41, 5.74) is 2.11. The number of rotatable bonds is 7. The van der Waals surface area contributed by atoms with Crippen LogP contribution < -0.4 is 5.32 Å². The number of ether oxygens (including phenoxy) is 1. The van der Waals surface area contributed by atoms with Crippen molar-refractivity contribution in [3.8, 4) is 0 Å². The molecule has 0 unspecified atom stereocenters. The van der Waals surface area contributed by atoms with Gasteiger partial charge in [-0.05, 0) is 24.8 Å². The molecule has 1 saturated carbocycles. The van der Waals surface area contributed by atoms with Crippen LogP contribution in [0.25, 0.3) is 0 Å². The van der Waals surface area contributed by atoms with Crippen LogP contribution in [-0.4, -0.2) is 46.9 Å². The van der Waals surface area contributed by atoms with Crippen LogP contribution in [0.2, 0.25) is 0 Å². The van der Waals surface area contributed by atoms with Gasteiger partial charge < -0.3 is 10.1 Å². The minimum absolute atomic E-state index is 0.124. The molecule has 6 nitrogen and oxygen atoms in total. The minimum Gasteiger partial charge on any atom is -0.383 e. The van der Waals surface area contributed by atoms with Crippen molar-refractivity contribution >= 4 is 11.6 Å². The molecule has 2 fully saturated rings. The van der Waals surface area contributed by atoms with Crippen LogP contribution in [0.5, 0.6) is 0 Å². The highest BCUT2D eigenvalue weighted by Crippen LogP contribution is 2.31. The zero-order chi connectivity index (χ0) is 17.9. The molecule has 1 saturated heterocycles. The maximum Gasteiger partial charge on any atom is 0.227 e. The molecule has 0 radical (unpaired) electrons. The second kappa shape index (κ2) is 7.60. The zero-order valence-corrected chi connectivity index (χ0v) is 15.2. The number of carbonyl (C=O) groups is 1. The Labute approximate surface area is 154 Å². The summed E-state index contributed by atoms with van der Waals surface area (Å²) >= 11 is 0. The molecule has 1 N–H and O–H groups in total. The Hall–Kier alpha value is -2.18. The number of hydrogen-bond donors (Lipinski definition) is 1. The topological polar surface area (TPSA) is 59.4 Å². The third-order valence-electron chi connectivity index (χ3n) is 5.28. The first kappa shape index (κ1) is 17.2. The van der Waals surface area contributed by atoms with Gasteiger partial charge >= 0.3 is 0 Å². The first-order chi connectivity index (χ1) is 12.7. The van der Waals surface area contributed by atoms with Gasteiger partial charge in [0, 0.05) is 38.4 Å². The van der Waals surface area contributed by atoms with E-state index >= 15 is 0 Å². The lowest BCUT2D eigenvalue weighted by Crippen LogP contribution is -2.32. The van der Waals surface area contributed by atoms with Crippen molar-refractivity contribution in [2.45, 2.75) is 37.9 Å². The average Bonchev–Trinajstić information content (AvgIpc) is 3.29. The van der Waals surface area contributed by atoms with Crippen molar-refractivity contribution < 1.29 is 9.53 Å². The van der Waals surface area contributed by atoms with Crippen molar-refractivity contribution in [3.63, 3.8) is 0 Å². The standard InChI is InChI=1S/C20H26N4O2/c1-26-14-19-9-18(13-23(19)11-15-5-3-2-4-6-15)24-12-17(10-21-24)22-20(25)16-7-8-16/h2-6,10,12,16,18-19H,7-9,11,13-14H2,1H3,(H,22,25)/t18-,19-/m0/s1. The summed E-state index contributed by atoms with van der Waals surface area (Å²) in [4.78, 5) is 14.4. The van der Waals surface area contributed by atoms with E-state index in [-0.39, 0.29) is 11.8 Å². The summed E-state index contributed by atoms with van der Waals surface area (Å²) < 4.78 is 7.44. The molecule has 0 bridgehead atoms. The lowest BCUT2D eigenvalue weighted by Gasteiger charge is -2.23.